The first kappa shape index (κ1) is 14.4. The van der Waals surface area contributed by atoms with Crippen LogP contribution in [0, 0.1) is 23.2 Å². The lowest BCUT2D eigenvalue weighted by Crippen LogP contribution is -2.34. The molecule has 1 aliphatic carbocycles. The Morgan fingerprint density at radius 3 is 2.42 bits per heavy atom. The zero-order valence-electron chi connectivity index (χ0n) is 12.2. The summed E-state index contributed by atoms with van der Waals surface area (Å²) >= 11 is 0. The highest BCUT2D eigenvalue weighted by Crippen LogP contribution is 2.59. The van der Waals surface area contributed by atoms with Crippen LogP contribution in [0.4, 0.5) is 0 Å². The molecule has 0 spiro atoms. The standard InChI is InChI=1S/C15H25NO3/c1-4-10-6-5-8-16(9-7-10)13(17)11-12(14(18)19)15(11,2)3/h10-12H,4-9H2,1-3H3,(H,18,19)/t10?,11-,12+/m1/s1. The van der Waals surface area contributed by atoms with Gasteiger partial charge in [-0.2, -0.15) is 0 Å². The highest BCUT2D eigenvalue weighted by atomic mass is 16.4. The molecule has 1 saturated heterocycles. The molecule has 1 N–H and O–H groups in total. The topological polar surface area (TPSA) is 57.6 Å². The van der Waals surface area contributed by atoms with E-state index < -0.39 is 11.9 Å². The molecule has 1 amide bonds. The molecule has 0 radical (unpaired) electrons. The molecular weight excluding hydrogens is 242 g/mol. The Bertz CT molecular complexity index is 378. The van der Waals surface area contributed by atoms with Gasteiger partial charge in [0.15, 0.2) is 0 Å². The van der Waals surface area contributed by atoms with Crippen LogP contribution < -0.4 is 0 Å². The van der Waals surface area contributed by atoms with Crippen LogP contribution in [0.5, 0.6) is 0 Å². The minimum atomic E-state index is -0.829. The second-order valence-corrected chi connectivity index (χ2v) is 6.65. The van der Waals surface area contributed by atoms with Crippen molar-refractivity contribution in [2.75, 3.05) is 13.1 Å². The SMILES string of the molecule is CCC1CCCN(C(=O)[C@H]2[C@@H](C(=O)O)C2(C)C)CC1. The second kappa shape index (κ2) is 5.14. The minimum Gasteiger partial charge on any atom is -0.481 e. The third-order valence-electron chi connectivity index (χ3n) is 5.10. The number of aliphatic carboxylic acids is 1. The van der Waals surface area contributed by atoms with Gasteiger partial charge < -0.3 is 10.0 Å². The van der Waals surface area contributed by atoms with Crippen molar-refractivity contribution in [2.45, 2.75) is 46.5 Å². The molecule has 1 aliphatic heterocycles. The summed E-state index contributed by atoms with van der Waals surface area (Å²) in [5, 5.41) is 9.17. The molecule has 0 aromatic carbocycles. The van der Waals surface area contributed by atoms with Crippen molar-refractivity contribution < 1.29 is 14.7 Å². The minimum absolute atomic E-state index is 0.0640. The summed E-state index contributed by atoms with van der Waals surface area (Å²) in [5.74, 6) is -0.854. The van der Waals surface area contributed by atoms with Gasteiger partial charge in [-0.1, -0.05) is 27.2 Å². The molecule has 19 heavy (non-hydrogen) atoms. The van der Waals surface area contributed by atoms with E-state index in [-0.39, 0.29) is 17.2 Å². The molecule has 2 aliphatic rings. The van der Waals surface area contributed by atoms with E-state index in [1.165, 1.54) is 12.8 Å². The van der Waals surface area contributed by atoms with E-state index >= 15 is 0 Å². The Morgan fingerprint density at radius 1 is 1.21 bits per heavy atom. The van der Waals surface area contributed by atoms with E-state index in [1.807, 2.05) is 18.7 Å². The van der Waals surface area contributed by atoms with Gasteiger partial charge >= 0.3 is 5.97 Å². The van der Waals surface area contributed by atoms with Crippen LogP contribution in [0.3, 0.4) is 0 Å². The normalized spacial score (nSPS) is 33.6. The van der Waals surface area contributed by atoms with E-state index in [1.54, 1.807) is 0 Å². The monoisotopic (exact) mass is 267 g/mol. The quantitative estimate of drug-likeness (QED) is 0.854. The molecule has 0 aromatic heterocycles. The molecule has 1 heterocycles. The maximum Gasteiger partial charge on any atom is 0.307 e. The molecule has 4 nitrogen and oxygen atoms in total. The fraction of sp³-hybridized carbons (Fsp3) is 0.867. The molecule has 4 heteroatoms. The van der Waals surface area contributed by atoms with Gasteiger partial charge in [0.25, 0.3) is 0 Å². The van der Waals surface area contributed by atoms with Crippen molar-refractivity contribution in [3.05, 3.63) is 0 Å². The summed E-state index contributed by atoms with van der Waals surface area (Å²) < 4.78 is 0. The zero-order valence-corrected chi connectivity index (χ0v) is 12.2. The van der Waals surface area contributed by atoms with Gasteiger partial charge in [-0.25, -0.2) is 0 Å². The molecule has 3 atom stereocenters. The number of carbonyl (C=O) groups is 2. The third-order valence-corrected chi connectivity index (χ3v) is 5.10. The van der Waals surface area contributed by atoms with Crippen LogP contribution in [0.1, 0.15) is 46.5 Å². The maximum atomic E-state index is 12.5. The molecule has 1 unspecified atom stereocenters. The molecule has 108 valence electrons. The fourth-order valence-electron chi connectivity index (χ4n) is 3.55. The van der Waals surface area contributed by atoms with Crippen LogP contribution >= 0.6 is 0 Å². The Morgan fingerprint density at radius 2 is 1.89 bits per heavy atom. The van der Waals surface area contributed by atoms with Gasteiger partial charge in [0.1, 0.15) is 0 Å². The predicted molar refractivity (Wildman–Crippen MR) is 72.6 cm³/mol. The number of likely N-dealkylation sites (tertiary alicyclic amines) is 1. The summed E-state index contributed by atoms with van der Waals surface area (Å²) in [6.45, 7) is 7.58. The van der Waals surface area contributed by atoms with Crippen LogP contribution in [-0.2, 0) is 9.59 Å². The van der Waals surface area contributed by atoms with E-state index in [2.05, 4.69) is 6.92 Å². The highest BCUT2D eigenvalue weighted by Gasteiger charge is 2.66. The van der Waals surface area contributed by atoms with Crippen molar-refractivity contribution in [1.82, 2.24) is 4.90 Å². The summed E-state index contributed by atoms with van der Waals surface area (Å²) in [6.07, 6.45) is 4.48. The number of carboxylic acids is 1. The van der Waals surface area contributed by atoms with E-state index in [4.69, 9.17) is 0 Å². The van der Waals surface area contributed by atoms with Gasteiger partial charge in [0.05, 0.1) is 11.8 Å². The molecule has 1 saturated carbocycles. The summed E-state index contributed by atoms with van der Waals surface area (Å²) in [5.41, 5.74) is -0.376. The molecule has 0 bridgehead atoms. The third kappa shape index (κ3) is 2.63. The lowest BCUT2D eigenvalue weighted by Gasteiger charge is -2.21. The van der Waals surface area contributed by atoms with Crippen LogP contribution in [0.15, 0.2) is 0 Å². The lowest BCUT2D eigenvalue weighted by atomic mass is 9.98. The van der Waals surface area contributed by atoms with E-state index in [0.717, 1.165) is 31.8 Å². The first-order valence-corrected chi connectivity index (χ1v) is 7.41. The summed E-state index contributed by atoms with van der Waals surface area (Å²) in [6, 6.07) is 0. The number of carboxylic acid groups (broad SMARTS) is 1. The molecule has 0 aromatic rings. The zero-order chi connectivity index (χ0) is 14.2. The maximum absolute atomic E-state index is 12.5. The summed E-state index contributed by atoms with van der Waals surface area (Å²) in [4.78, 5) is 25.6. The van der Waals surface area contributed by atoms with Crippen molar-refractivity contribution in [3.8, 4) is 0 Å². The van der Waals surface area contributed by atoms with Crippen LogP contribution in [0.25, 0.3) is 0 Å². The molecular formula is C15H25NO3. The summed E-state index contributed by atoms with van der Waals surface area (Å²) in [7, 11) is 0. The van der Waals surface area contributed by atoms with Gasteiger partial charge in [0, 0.05) is 13.1 Å². The van der Waals surface area contributed by atoms with E-state index in [0.29, 0.717) is 0 Å². The largest absolute Gasteiger partial charge is 0.481 e. The average molecular weight is 267 g/mol. The van der Waals surface area contributed by atoms with Crippen molar-refractivity contribution in [2.24, 2.45) is 23.2 Å². The second-order valence-electron chi connectivity index (χ2n) is 6.65. The fourth-order valence-corrected chi connectivity index (χ4v) is 3.55. The number of amides is 1. The number of nitrogens with zero attached hydrogens (tertiary/aromatic N) is 1. The first-order chi connectivity index (χ1) is 8.89. The first-order valence-electron chi connectivity index (χ1n) is 7.41. The number of rotatable bonds is 3. The Balaban J connectivity index is 1.99. The number of hydrogen-bond acceptors (Lipinski definition) is 2. The predicted octanol–water partition coefficient (Wildman–Crippen LogP) is 2.38. The smallest absolute Gasteiger partial charge is 0.307 e. The average Bonchev–Trinajstić information content (AvgIpc) is 3.00. The molecule has 2 rings (SSSR count). The van der Waals surface area contributed by atoms with Crippen LogP contribution in [-0.4, -0.2) is 35.0 Å². The Labute approximate surface area is 115 Å². The van der Waals surface area contributed by atoms with Crippen molar-refractivity contribution in [3.63, 3.8) is 0 Å². The van der Waals surface area contributed by atoms with Gasteiger partial charge in [-0.15, -0.1) is 0 Å². The lowest BCUT2D eigenvalue weighted by molar-refractivity contribution is -0.142. The van der Waals surface area contributed by atoms with Crippen molar-refractivity contribution in [1.29, 1.82) is 0 Å². The van der Waals surface area contributed by atoms with Crippen LogP contribution in [0.2, 0.25) is 0 Å². The van der Waals surface area contributed by atoms with Gasteiger partial charge in [-0.3, -0.25) is 9.59 Å². The Kier molecular flexibility index (Phi) is 3.88. The number of hydrogen-bond donors (Lipinski definition) is 1. The van der Waals surface area contributed by atoms with E-state index in [9.17, 15) is 14.7 Å². The van der Waals surface area contributed by atoms with Gasteiger partial charge in [0.2, 0.25) is 5.91 Å². The van der Waals surface area contributed by atoms with Crippen molar-refractivity contribution >= 4 is 11.9 Å². The Hall–Kier alpha value is -1.06. The van der Waals surface area contributed by atoms with Gasteiger partial charge in [-0.05, 0) is 30.6 Å². The number of carbonyl (C=O) groups excluding carboxylic acids is 1. The highest BCUT2D eigenvalue weighted by molar-refractivity contribution is 5.91. The molecule has 2 fully saturated rings.